The fraction of sp³-hybridized carbons (Fsp3) is 0.0476. The fourth-order valence-electron chi connectivity index (χ4n) is 2.21. The van der Waals surface area contributed by atoms with Crippen molar-refractivity contribution in [3.05, 3.63) is 83.6 Å². The Kier molecular flexibility index (Phi) is 5.16. The van der Waals surface area contributed by atoms with E-state index in [1.54, 1.807) is 30.3 Å². The van der Waals surface area contributed by atoms with Crippen LogP contribution in [0.4, 0.5) is 5.82 Å². The molecule has 0 atom stereocenters. The van der Waals surface area contributed by atoms with Crippen LogP contribution >= 0.6 is 0 Å². The normalized spacial score (nSPS) is 9.73. The zero-order chi connectivity index (χ0) is 18.4. The van der Waals surface area contributed by atoms with Crippen molar-refractivity contribution in [1.29, 1.82) is 0 Å². The van der Waals surface area contributed by atoms with Gasteiger partial charge in [-0.15, -0.1) is 0 Å². The van der Waals surface area contributed by atoms with E-state index in [-0.39, 0.29) is 0 Å². The Morgan fingerprint density at radius 3 is 2.58 bits per heavy atom. The highest BCUT2D eigenvalue weighted by molar-refractivity contribution is 5.89. The van der Waals surface area contributed by atoms with Crippen molar-refractivity contribution >= 4 is 11.8 Å². The number of pyridine rings is 1. The SMILES string of the molecule is COC(=O)c1cccc(Oc2cnc(N)c(C#Cc3ccccc3)c2)c1. The van der Waals surface area contributed by atoms with Gasteiger partial charge in [0.25, 0.3) is 0 Å². The quantitative estimate of drug-likeness (QED) is 0.580. The number of nitrogens with zero attached hydrogens (tertiary/aromatic N) is 1. The summed E-state index contributed by atoms with van der Waals surface area (Å²) in [5.41, 5.74) is 7.74. The standard InChI is InChI=1S/C21H16N2O3/c1-25-21(24)17-8-5-9-18(13-17)26-19-12-16(20(22)23-14-19)11-10-15-6-3-2-4-7-15/h2-9,12-14H,1H3,(H2,22,23). The van der Waals surface area contributed by atoms with Gasteiger partial charge in [0.05, 0.1) is 24.4 Å². The molecule has 0 amide bonds. The highest BCUT2D eigenvalue weighted by Crippen LogP contribution is 2.24. The average Bonchev–Trinajstić information content (AvgIpc) is 2.68. The first-order valence-corrected chi connectivity index (χ1v) is 7.84. The number of nitrogen functional groups attached to an aromatic ring is 1. The number of nitrogens with two attached hydrogens (primary N) is 1. The van der Waals surface area contributed by atoms with Crippen LogP contribution in [0.25, 0.3) is 0 Å². The van der Waals surface area contributed by atoms with Crippen molar-refractivity contribution < 1.29 is 14.3 Å². The molecule has 3 aromatic rings. The van der Waals surface area contributed by atoms with Gasteiger partial charge in [-0.25, -0.2) is 9.78 Å². The number of ether oxygens (including phenoxy) is 2. The summed E-state index contributed by atoms with van der Waals surface area (Å²) in [5, 5.41) is 0. The van der Waals surface area contributed by atoms with E-state index in [4.69, 9.17) is 15.2 Å². The van der Waals surface area contributed by atoms with Crippen LogP contribution in [-0.2, 0) is 4.74 Å². The van der Waals surface area contributed by atoms with E-state index < -0.39 is 5.97 Å². The van der Waals surface area contributed by atoms with Crippen LogP contribution < -0.4 is 10.5 Å². The molecule has 3 rings (SSSR count). The Morgan fingerprint density at radius 1 is 1.00 bits per heavy atom. The third-order valence-electron chi connectivity index (χ3n) is 3.50. The second-order valence-electron chi connectivity index (χ2n) is 5.34. The maximum absolute atomic E-state index is 11.6. The largest absolute Gasteiger partial charge is 0.465 e. The van der Waals surface area contributed by atoms with Gasteiger partial charge in [0, 0.05) is 11.6 Å². The molecule has 0 saturated carbocycles. The molecule has 0 fully saturated rings. The molecule has 0 aliphatic rings. The molecular weight excluding hydrogens is 328 g/mol. The summed E-state index contributed by atoms with van der Waals surface area (Å²) in [4.78, 5) is 15.7. The minimum Gasteiger partial charge on any atom is -0.465 e. The van der Waals surface area contributed by atoms with Crippen LogP contribution in [0.1, 0.15) is 21.5 Å². The van der Waals surface area contributed by atoms with Crippen LogP contribution in [-0.4, -0.2) is 18.1 Å². The van der Waals surface area contributed by atoms with Crippen molar-refractivity contribution in [2.75, 3.05) is 12.8 Å². The second kappa shape index (κ2) is 7.86. The molecule has 0 aliphatic carbocycles. The molecule has 128 valence electrons. The maximum Gasteiger partial charge on any atom is 0.337 e. The van der Waals surface area contributed by atoms with Crippen molar-refractivity contribution in [3.63, 3.8) is 0 Å². The molecule has 0 unspecified atom stereocenters. The summed E-state index contributed by atoms with van der Waals surface area (Å²) < 4.78 is 10.5. The Hall–Kier alpha value is -3.78. The van der Waals surface area contributed by atoms with E-state index in [2.05, 4.69) is 16.8 Å². The maximum atomic E-state index is 11.6. The third kappa shape index (κ3) is 4.19. The number of hydrogen-bond acceptors (Lipinski definition) is 5. The lowest BCUT2D eigenvalue weighted by molar-refractivity contribution is 0.0600. The molecule has 0 bridgehead atoms. The van der Waals surface area contributed by atoms with Crippen LogP contribution in [0.2, 0.25) is 0 Å². The first-order valence-electron chi connectivity index (χ1n) is 7.84. The van der Waals surface area contributed by atoms with Crippen LogP contribution in [0, 0.1) is 11.8 Å². The summed E-state index contributed by atoms with van der Waals surface area (Å²) in [7, 11) is 1.33. The number of esters is 1. The number of aromatic nitrogens is 1. The lowest BCUT2D eigenvalue weighted by atomic mass is 10.2. The van der Waals surface area contributed by atoms with E-state index in [1.807, 2.05) is 30.3 Å². The van der Waals surface area contributed by atoms with Crippen LogP contribution in [0.15, 0.2) is 66.9 Å². The molecule has 0 spiro atoms. The van der Waals surface area contributed by atoms with Crippen molar-refractivity contribution in [1.82, 2.24) is 4.98 Å². The number of hydrogen-bond donors (Lipinski definition) is 1. The van der Waals surface area contributed by atoms with Gasteiger partial charge in [-0.1, -0.05) is 36.1 Å². The Bertz CT molecular complexity index is 989. The first-order chi connectivity index (χ1) is 12.7. The Labute approximate surface area is 151 Å². The first kappa shape index (κ1) is 17.1. The molecule has 1 heterocycles. The predicted molar refractivity (Wildman–Crippen MR) is 98.9 cm³/mol. The highest BCUT2D eigenvalue weighted by Gasteiger charge is 2.08. The summed E-state index contributed by atoms with van der Waals surface area (Å²) in [6.45, 7) is 0. The van der Waals surface area contributed by atoms with Crippen LogP contribution in [0.3, 0.4) is 0 Å². The molecule has 2 N–H and O–H groups in total. The summed E-state index contributed by atoms with van der Waals surface area (Å²) >= 11 is 0. The van der Waals surface area contributed by atoms with Gasteiger partial charge in [-0.05, 0) is 30.3 Å². The number of rotatable bonds is 3. The van der Waals surface area contributed by atoms with E-state index in [0.717, 1.165) is 5.56 Å². The molecule has 0 saturated heterocycles. The highest BCUT2D eigenvalue weighted by atomic mass is 16.5. The van der Waals surface area contributed by atoms with Gasteiger partial charge in [0.15, 0.2) is 0 Å². The minimum atomic E-state index is -0.430. The lowest BCUT2D eigenvalue weighted by Gasteiger charge is -2.08. The smallest absolute Gasteiger partial charge is 0.337 e. The van der Waals surface area contributed by atoms with Crippen molar-refractivity contribution in [2.24, 2.45) is 0 Å². The second-order valence-corrected chi connectivity index (χ2v) is 5.34. The third-order valence-corrected chi connectivity index (χ3v) is 3.50. The van der Waals surface area contributed by atoms with Crippen molar-refractivity contribution in [3.8, 4) is 23.3 Å². The number of benzene rings is 2. The molecule has 5 nitrogen and oxygen atoms in total. The summed E-state index contributed by atoms with van der Waals surface area (Å²) in [6.07, 6.45) is 1.51. The molecule has 0 aliphatic heterocycles. The zero-order valence-electron chi connectivity index (χ0n) is 14.1. The van der Waals surface area contributed by atoms with E-state index >= 15 is 0 Å². The van der Waals surface area contributed by atoms with Gasteiger partial charge in [-0.2, -0.15) is 0 Å². The Balaban J connectivity index is 1.84. The molecule has 0 radical (unpaired) electrons. The van der Waals surface area contributed by atoms with E-state index in [1.165, 1.54) is 13.3 Å². The minimum absolute atomic E-state index is 0.323. The van der Waals surface area contributed by atoms with Crippen molar-refractivity contribution in [2.45, 2.75) is 0 Å². The fourth-order valence-corrected chi connectivity index (χ4v) is 2.21. The number of methoxy groups -OCH3 is 1. The molecule has 26 heavy (non-hydrogen) atoms. The van der Waals surface area contributed by atoms with Gasteiger partial charge in [-0.3, -0.25) is 0 Å². The predicted octanol–water partition coefficient (Wildman–Crippen LogP) is 3.64. The monoisotopic (exact) mass is 344 g/mol. The lowest BCUT2D eigenvalue weighted by Crippen LogP contribution is -2.01. The molecule has 5 heteroatoms. The molecular formula is C21H16N2O3. The molecule has 1 aromatic heterocycles. The van der Waals surface area contributed by atoms with Gasteiger partial charge < -0.3 is 15.2 Å². The number of carbonyl (C=O) groups excluding carboxylic acids is 1. The van der Waals surface area contributed by atoms with Crippen LogP contribution in [0.5, 0.6) is 11.5 Å². The molecule has 2 aromatic carbocycles. The Morgan fingerprint density at radius 2 is 1.81 bits per heavy atom. The van der Waals surface area contributed by atoms with Gasteiger partial charge in [0.1, 0.15) is 17.3 Å². The van der Waals surface area contributed by atoms with Gasteiger partial charge >= 0.3 is 5.97 Å². The topological polar surface area (TPSA) is 74.4 Å². The summed E-state index contributed by atoms with van der Waals surface area (Å²) in [5.74, 6) is 6.89. The van der Waals surface area contributed by atoms with E-state index in [0.29, 0.717) is 28.4 Å². The summed E-state index contributed by atoms with van der Waals surface area (Å²) in [6, 6.07) is 18.0. The number of anilines is 1. The average molecular weight is 344 g/mol. The zero-order valence-corrected chi connectivity index (χ0v) is 14.1. The van der Waals surface area contributed by atoms with Gasteiger partial charge in [0.2, 0.25) is 0 Å². The van der Waals surface area contributed by atoms with E-state index in [9.17, 15) is 4.79 Å². The number of carbonyl (C=O) groups is 1.